The molecule has 0 amide bonds. The van der Waals surface area contributed by atoms with Crippen LogP contribution in [0, 0.1) is 6.92 Å². The zero-order valence-corrected chi connectivity index (χ0v) is 11.0. The number of hydrogen-bond acceptors (Lipinski definition) is 4. The minimum absolute atomic E-state index is 0.229. The SMILES string of the molecule is Cc1cnn(C[C@@H](C)Nc2ncnc3[nH]ccc23)c1. The molecule has 0 radical (unpaired) electrons. The summed E-state index contributed by atoms with van der Waals surface area (Å²) in [6, 6.07) is 2.20. The predicted molar refractivity (Wildman–Crippen MR) is 73.9 cm³/mol. The highest BCUT2D eigenvalue weighted by Gasteiger charge is 2.08. The average molecular weight is 256 g/mol. The van der Waals surface area contributed by atoms with Gasteiger partial charge in [-0.15, -0.1) is 0 Å². The Hall–Kier alpha value is -2.37. The van der Waals surface area contributed by atoms with Crippen molar-refractivity contribution in [2.75, 3.05) is 5.32 Å². The molecular formula is C13H16N6. The number of aryl methyl sites for hydroxylation is 1. The fourth-order valence-electron chi connectivity index (χ4n) is 2.11. The first-order valence-electron chi connectivity index (χ1n) is 6.26. The van der Waals surface area contributed by atoms with E-state index in [0.717, 1.165) is 23.4 Å². The van der Waals surface area contributed by atoms with Crippen molar-refractivity contribution < 1.29 is 0 Å². The Kier molecular flexibility index (Phi) is 2.91. The Morgan fingerprint density at radius 3 is 3.11 bits per heavy atom. The van der Waals surface area contributed by atoms with E-state index in [2.05, 4.69) is 32.3 Å². The molecule has 19 heavy (non-hydrogen) atoms. The largest absolute Gasteiger partial charge is 0.365 e. The monoisotopic (exact) mass is 256 g/mol. The lowest BCUT2D eigenvalue weighted by atomic mass is 10.3. The molecule has 0 aliphatic rings. The molecule has 98 valence electrons. The van der Waals surface area contributed by atoms with Gasteiger partial charge < -0.3 is 10.3 Å². The number of rotatable bonds is 4. The Bertz CT molecular complexity index is 683. The van der Waals surface area contributed by atoms with Crippen LogP contribution in [-0.4, -0.2) is 30.8 Å². The van der Waals surface area contributed by atoms with Crippen molar-refractivity contribution >= 4 is 16.9 Å². The molecule has 3 heterocycles. The summed E-state index contributed by atoms with van der Waals surface area (Å²) in [5, 5.41) is 8.69. The van der Waals surface area contributed by atoms with Crippen LogP contribution in [0.1, 0.15) is 12.5 Å². The third-order valence-electron chi connectivity index (χ3n) is 2.96. The van der Waals surface area contributed by atoms with Gasteiger partial charge in [-0.05, 0) is 25.5 Å². The molecule has 1 atom stereocenters. The third-order valence-corrected chi connectivity index (χ3v) is 2.96. The van der Waals surface area contributed by atoms with E-state index in [4.69, 9.17) is 0 Å². The van der Waals surface area contributed by atoms with Crippen LogP contribution in [0.3, 0.4) is 0 Å². The molecule has 3 aromatic rings. The molecule has 6 heteroatoms. The number of fused-ring (bicyclic) bond motifs is 1. The van der Waals surface area contributed by atoms with Crippen LogP contribution in [0.25, 0.3) is 11.0 Å². The molecule has 0 unspecified atom stereocenters. The smallest absolute Gasteiger partial charge is 0.142 e. The van der Waals surface area contributed by atoms with Gasteiger partial charge in [0.2, 0.25) is 0 Å². The van der Waals surface area contributed by atoms with E-state index < -0.39 is 0 Å². The van der Waals surface area contributed by atoms with Crippen molar-refractivity contribution in [3.05, 3.63) is 36.5 Å². The Morgan fingerprint density at radius 2 is 2.32 bits per heavy atom. The first-order chi connectivity index (χ1) is 9.22. The normalized spacial score (nSPS) is 12.7. The van der Waals surface area contributed by atoms with Crippen LogP contribution < -0.4 is 5.32 Å². The highest BCUT2D eigenvalue weighted by atomic mass is 15.3. The van der Waals surface area contributed by atoms with E-state index in [9.17, 15) is 0 Å². The lowest BCUT2D eigenvalue weighted by Gasteiger charge is -2.14. The molecule has 6 nitrogen and oxygen atoms in total. The second-order valence-electron chi connectivity index (χ2n) is 4.75. The Labute approximate surface area is 110 Å². The topological polar surface area (TPSA) is 71.4 Å². The van der Waals surface area contributed by atoms with Crippen LogP contribution in [0.4, 0.5) is 5.82 Å². The maximum atomic E-state index is 4.29. The first kappa shape index (κ1) is 11.7. The second-order valence-corrected chi connectivity index (χ2v) is 4.75. The quantitative estimate of drug-likeness (QED) is 0.748. The summed E-state index contributed by atoms with van der Waals surface area (Å²) in [5.41, 5.74) is 2.02. The van der Waals surface area contributed by atoms with Crippen LogP contribution in [-0.2, 0) is 6.54 Å². The fourth-order valence-corrected chi connectivity index (χ4v) is 2.11. The van der Waals surface area contributed by atoms with Gasteiger partial charge in [0.25, 0.3) is 0 Å². The molecule has 0 saturated heterocycles. The van der Waals surface area contributed by atoms with E-state index in [1.165, 1.54) is 5.56 Å². The Balaban J connectivity index is 1.75. The molecule has 0 aliphatic carbocycles. The molecule has 0 spiro atoms. The maximum Gasteiger partial charge on any atom is 0.142 e. The number of aromatic amines is 1. The highest BCUT2D eigenvalue weighted by molar-refractivity contribution is 5.86. The van der Waals surface area contributed by atoms with E-state index >= 15 is 0 Å². The summed E-state index contributed by atoms with van der Waals surface area (Å²) < 4.78 is 1.93. The van der Waals surface area contributed by atoms with E-state index in [0.29, 0.717) is 0 Å². The van der Waals surface area contributed by atoms with Gasteiger partial charge in [-0.2, -0.15) is 5.10 Å². The van der Waals surface area contributed by atoms with Gasteiger partial charge in [-0.3, -0.25) is 4.68 Å². The highest BCUT2D eigenvalue weighted by Crippen LogP contribution is 2.18. The summed E-state index contributed by atoms with van der Waals surface area (Å²) >= 11 is 0. The van der Waals surface area contributed by atoms with Crippen LogP contribution >= 0.6 is 0 Å². The third kappa shape index (κ3) is 2.42. The summed E-state index contributed by atoms with van der Waals surface area (Å²) in [7, 11) is 0. The number of anilines is 1. The average Bonchev–Trinajstić information content (AvgIpc) is 2.98. The van der Waals surface area contributed by atoms with Gasteiger partial charge in [0, 0.05) is 18.4 Å². The van der Waals surface area contributed by atoms with E-state index in [1.807, 2.05) is 36.3 Å². The summed E-state index contributed by atoms with van der Waals surface area (Å²) in [5.74, 6) is 0.850. The van der Waals surface area contributed by atoms with E-state index in [-0.39, 0.29) is 6.04 Å². The summed E-state index contributed by atoms with van der Waals surface area (Å²) in [6.07, 6.45) is 7.32. The summed E-state index contributed by atoms with van der Waals surface area (Å²) in [6.45, 7) is 4.94. The zero-order valence-electron chi connectivity index (χ0n) is 11.0. The standard InChI is InChI=1S/C13H16N6/c1-9-5-17-19(6-9)7-10(2)18-13-11-3-4-14-12(11)15-8-16-13/h3-6,8,10H,7H2,1-2H3,(H2,14,15,16,18)/t10-/m1/s1. The Morgan fingerprint density at radius 1 is 1.42 bits per heavy atom. The number of nitrogens with one attached hydrogen (secondary N) is 2. The van der Waals surface area contributed by atoms with Crippen molar-refractivity contribution in [2.45, 2.75) is 26.4 Å². The van der Waals surface area contributed by atoms with Crippen molar-refractivity contribution in [2.24, 2.45) is 0 Å². The molecule has 3 rings (SSSR count). The molecule has 0 bridgehead atoms. The van der Waals surface area contributed by atoms with Gasteiger partial charge in [-0.25, -0.2) is 9.97 Å². The maximum absolute atomic E-state index is 4.29. The van der Waals surface area contributed by atoms with Crippen molar-refractivity contribution in [3.8, 4) is 0 Å². The lowest BCUT2D eigenvalue weighted by molar-refractivity contribution is 0.560. The van der Waals surface area contributed by atoms with Gasteiger partial charge in [0.15, 0.2) is 0 Å². The molecule has 0 aliphatic heterocycles. The number of hydrogen-bond donors (Lipinski definition) is 2. The lowest BCUT2D eigenvalue weighted by Crippen LogP contribution is -2.22. The van der Waals surface area contributed by atoms with Crippen LogP contribution in [0.5, 0.6) is 0 Å². The molecule has 0 saturated carbocycles. The van der Waals surface area contributed by atoms with Crippen LogP contribution in [0.15, 0.2) is 31.0 Å². The molecule has 3 aromatic heterocycles. The predicted octanol–water partition coefficient (Wildman–Crippen LogP) is 1.96. The van der Waals surface area contributed by atoms with E-state index in [1.54, 1.807) is 6.33 Å². The first-order valence-corrected chi connectivity index (χ1v) is 6.26. The van der Waals surface area contributed by atoms with Crippen molar-refractivity contribution in [1.82, 2.24) is 24.7 Å². The minimum Gasteiger partial charge on any atom is -0.365 e. The molecular weight excluding hydrogens is 240 g/mol. The molecule has 0 fully saturated rings. The molecule has 0 aromatic carbocycles. The summed E-state index contributed by atoms with van der Waals surface area (Å²) in [4.78, 5) is 11.5. The minimum atomic E-state index is 0.229. The van der Waals surface area contributed by atoms with Gasteiger partial charge in [0.1, 0.15) is 17.8 Å². The van der Waals surface area contributed by atoms with Crippen LogP contribution in [0.2, 0.25) is 0 Å². The zero-order chi connectivity index (χ0) is 13.2. The van der Waals surface area contributed by atoms with Gasteiger partial charge in [0.05, 0.1) is 18.1 Å². The number of aromatic nitrogens is 5. The second kappa shape index (κ2) is 4.72. The number of H-pyrrole nitrogens is 1. The van der Waals surface area contributed by atoms with Gasteiger partial charge >= 0.3 is 0 Å². The van der Waals surface area contributed by atoms with Crippen molar-refractivity contribution in [1.29, 1.82) is 0 Å². The molecule has 2 N–H and O–H groups in total. The van der Waals surface area contributed by atoms with Crippen molar-refractivity contribution in [3.63, 3.8) is 0 Å². The van der Waals surface area contributed by atoms with Gasteiger partial charge in [-0.1, -0.05) is 0 Å². The fraction of sp³-hybridized carbons (Fsp3) is 0.308. The number of nitrogens with zero attached hydrogens (tertiary/aromatic N) is 4.